The van der Waals surface area contributed by atoms with E-state index in [0.29, 0.717) is 10.7 Å². The van der Waals surface area contributed by atoms with Crippen LogP contribution in [0.25, 0.3) is 0 Å². The summed E-state index contributed by atoms with van der Waals surface area (Å²) in [6.45, 7) is 3.06. The summed E-state index contributed by atoms with van der Waals surface area (Å²) in [6.07, 6.45) is 3.51. The van der Waals surface area contributed by atoms with Crippen molar-refractivity contribution in [2.45, 2.75) is 19.3 Å². The van der Waals surface area contributed by atoms with Crippen molar-refractivity contribution in [2.75, 3.05) is 32.0 Å². The molecule has 2 N–H and O–H groups in total. The van der Waals surface area contributed by atoms with E-state index < -0.39 is 0 Å². The number of rotatable bonds is 4. The van der Waals surface area contributed by atoms with Crippen LogP contribution in [0.5, 0.6) is 0 Å². The molecule has 0 saturated carbocycles. The molecule has 0 bridgehead atoms. The molecule has 0 unspecified atom stereocenters. The smallest absolute Gasteiger partial charge is 0.319 e. The van der Waals surface area contributed by atoms with Gasteiger partial charge in [-0.3, -0.25) is 0 Å². The van der Waals surface area contributed by atoms with Gasteiger partial charge in [-0.15, -0.1) is 0 Å². The first-order valence-corrected chi connectivity index (χ1v) is 7.50. The van der Waals surface area contributed by atoms with E-state index in [1.165, 1.54) is 25.9 Å². The summed E-state index contributed by atoms with van der Waals surface area (Å²) >= 11 is 5.87. The zero-order valence-electron chi connectivity index (χ0n) is 11.9. The number of likely N-dealkylation sites (tertiary alicyclic amines) is 1. The summed E-state index contributed by atoms with van der Waals surface area (Å²) in [4.78, 5) is 14.1. The molecule has 20 heavy (non-hydrogen) atoms. The topological polar surface area (TPSA) is 44.4 Å². The van der Waals surface area contributed by atoms with Crippen LogP contribution in [0.3, 0.4) is 0 Å². The fourth-order valence-electron chi connectivity index (χ4n) is 2.48. The fourth-order valence-corrected chi connectivity index (χ4v) is 2.67. The van der Waals surface area contributed by atoms with E-state index in [1.807, 2.05) is 12.1 Å². The van der Waals surface area contributed by atoms with Crippen molar-refractivity contribution in [1.29, 1.82) is 0 Å². The van der Waals surface area contributed by atoms with Gasteiger partial charge in [0.1, 0.15) is 0 Å². The van der Waals surface area contributed by atoms with Crippen molar-refractivity contribution in [3.8, 4) is 0 Å². The summed E-state index contributed by atoms with van der Waals surface area (Å²) in [5.74, 6) is 0.734. The minimum absolute atomic E-state index is 0.166. The molecule has 0 spiro atoms. The van der Waals surface area contributed by atoms with Crippen LogP contribution >= 0.6 is 11.6 Å². The number of urea groups is 1. The molecule has 0 atom stereocenters. The van der Waals surface area contributed by atoms with E-state index in [9.17, 15) is 4.79 Å². The number of halogens is 1. The third kappa shape index (κ3) is 5.02. The molecule has 1 fully saturated rings. The number of hydrogen-bond donors (Lipinski definition) is 2. The van der Waals surface area contributed by atoms with Crippen molar-refractivity contribution in [2.24, 2.45) is 5.92 Å². The predicted octanol–water partition coefficient (Wildman–Crippen LogP) is 3.19. The second-order valence-corrected chi connectivity index (χ2v) is 5.86. The molecule has 2 amide bonds. The Morgan fingerprint density at radius 2 is 2.15 bits per heavy atom. The first kappa shape index (κ1) is 15.1. The van der Waals surface area contributed by atoms with Gasteiger partial charge in [0.2, 0.25) is 0 Å². The average molecular weight is 296 g/mol. The molecule has 1 heterocycles. The van der Waals surface area contributed by atoms with Crippen LogP contribution in [0.15, 0.2) is 24.3 Å². The molecule has 4 nitrogen and oxygen atoms in total. The first-order valence-electron chi connectivity index (χ1n) is 7.12. The number of carbonyl (C=O) groups excluding carboxylic acids is 1. The molecular formula is C15H22ClN3O. The maximum absolute atomic E-state index is 11.7. The number of piperidine rings is 1. The largest absolute Gasteiger partial charge is 0.338 e. The minimum atomic E-state index is -0.166. The third-order valence-corrected chi connectivity index (χ3v) is 3.99. The highest BCUT2D eigenvalue weighted by Crippen LogP contribution is 2.18. The molecule has 0 aliphatic carbocycles. The van der Waals surface area contributed by atoms with Crippen molar-refractivity contribution in [1.82, 2.24) is 10.2 Å². The highest BCUT2D eigenvalue weighted by Gasteiger charge is 2.16. The van der Waals surface area contributed by atoms with E-state index in [0.717, 1.165) is 18.9 Å². The molecule has 1 aliphatic heterocycles. The van der Waals surface area contributed by atoms with Gasteiger partial charge in [-0.05, 0) is 63.5 Å². The zero-order chi connectivity index (χ0) is 14.4. The first-order chi connectivity index (χ1) is 9.63. The summed E-state index contributed by atoms with van der Waals surface area (Å²) in [5, 5.41) is 6.31. The quantitative estimate of drug-likeness (QED) is 0.896. The van der Waals surface area contributed by atoms with Crippen molar-refractivity contribution >= 4 is 23.3 Å². The van der Waals surface area contributed by atoms with Crippen molar-refractivity contribution in [3.63, 3.8) is 0 Å². The van der Waals surface area contributed by atoms with Crippen LogP contribution in [0.4, 0.5) is 10.5 Å². The maximum atomic E-state index is 11.7. The second kappa shape index (κ2) is 7.50. The van der Waals surface area contributed by atoms with Crippen LogP contribution < -0.4 is 10.6 Å². The average Bonchev–Trinajstić information content (AvgIpc) is 2.41. The lowest BCUT2D eigenvalue weighted by Crippen LogP contribution is -2.34. The Hall–Kier alpha value is -1.26. The third-order valence-electron chi connectivity index (χ3n) is 3.76. The number of benzene rings is 1. The molecule has 0 radical (unpaired) electrons. The van der Waals surface area contributed by atoms with E-state index in [4.69, 9.17) is 11.6 Å². The van der Waals surface area contributed by atoms with Crippen LogP contribution in [-0.4, -0.2) is 37.6 Å². The predicted molar refractivity (Wildman–Crippen MR) is 83.3 cm³/mol. The number of anilines is 1. The number of carbonyl (C=O) groups is 1. The van der Waals surface area contributed by atoms with Gasteiger partial charge in [0.05, 0.1) is 0 Å². The number of amides is 2. The molecule has 2 rings (SSSR count). The maximum Gasteiger partial charge on any atom is 0.319 e. The summed E-state index contributed by atoms with van der Waals surface area (Å²) in [7, 11) is 2.16. The van der Waals surface area contributed by atoms with E-state index >= 15 is 0 Å². The summed E-state index contributed by atoms with van der Waals surface area (Å²) < 4.78 is 0. The lowest BCUT2D eigenvalue weighted by atomic mass is 9.94. The van der Waals surface area contributed by atoms with Gasteiger partial charge in [-0.2, -0.15) is 0 Å². The van der Waals surface area contributed by atoms with Crippen LogP contribution in [0.1, 0.15) is 19.3 Å². The standard InChI is InChI=1S/C15H22ClN3O/c1-19-9-6-12(7-10-19)5-8-17-15(20)18-14-4-2-3-13(16)11-14/h2-4,11-12H,5-10H2,1H3,(H2,17,18,20). The van der Waals surface area contributed by atoms with E-state index in [1.54, 1.807) is 12.1 Å². The normalized spacial score (nSPS) is 16.9. The molecule has 1 aromatic carbocycles. The van der Waals surface area contributed by atoms with E-state index in [-0.39, 0.29) is 6.03 Å². The number of nitrogens with zero attached hydrogens (tertiary/aromatic N) is 1. The Labute approximate surface area is 125 Å². The minimum Gasteiger partial charge on any atom is -0.338 e. The van der Waals surface area contributed by atoms with Crippen molar-refractivity contribution in [3.05, 3.63) is 29.3 Å². The fraction of sp³-hybridized carbons (Fsp3) is 0.533. The zero-order valence-corrected chi connectivity index (χ0v) is 12.6. The number of hydrogen-bond acceptors (Lipinski definition) is 2. The Morgan fingerprint density at radius 3 is 2.85 bits per heavy atom. The molecule has 5 heteroatoms. The second-order valence-electron chi connectivity index (χ2n) is 5.43. The van der Waals surface area contributed by atoms with Gasteiger partial charge >= 0.3 is 6.03 Å². The van der Waals surface area contributed by atoms with Gasteiger partial charge in [0.15, 0.2) is 0 Å². The van der Waals surface area contributed by atoms with Crippen LogP contribution in [0, 0.1) is 5.92 Å². The van der Waals surface area contributed by atoms with Gasteiger partial charge < -0.3 is 15.5 Å². The van der Waals surface area contributed by atoms with Gasteiger partial charge in [-0.25, -0.2) is 4.79 Å². The monoisotopic (exact) mass is 295 g/mol. The number of nitrogens with one attached hydrogen (secondary N) is 2. The highest BCUT2D eigenvalue weighted by atomic mass is 35.5. The highest BCUT2D eigenvalue weighted by molar-refractivity contribution is 6.30. The van der Waals surface area contributed by atoms with E-state index in [2.05, 4.69) is 22.6 Å². The molecule has 110 valence electrons. The summed E-state index contributed by atoms with van der Waals surface area (Å²) in [6, 6.07) is 6.99. The van der Waals surface area contributed by atoms with Gasteiger partial charge in [-0.1, -0.05) is 17.7 Å². The molecule has 1 saturated heterocycles. The lowest BCUT2D eigenvalue weighted by Gasteiger charge is -2.28. The molecule has 1 aromatic rings. The Bertz CT molecular complexity index is 444. The lowest BCUT2D eigenvalue weighted by molar-refractivity contribution is 0.211. The van der Waals surface area contributed by atoms with Gasteiger partial charge in [0, 0.05) is 17.3 Å². The molecule has 1 aliphatic rings. The molecule has 0 aromatic heterocycles. The van der Waals surface area contributed by atoms with Crippen molar-refractivity contribution < 1.29 is 4.79 Å². The Balaban J connectivity index is 1.65. The SMILES string of the molecule is CN1CCC(CCNC(=O)Nc2cccc(Cl)c2)CC1. The van der Waals surface area contributed by atoms with Crippen LogP contribution in [-0.2, 0) is 0 Å². The van der Waals surface area contributed by atoms with Crippen LogP contribution in [0.2, 0.25) is 5.02 Å². The molecular weight excluding hydrogens is 274 g/mol. The van der Waals surface area contributed by atoms with Gasteiger partial charge in [0.25, 0.3) is 0 Å². The Morgan fingerprint density at radius 1 is 1.40 bits per heavy atom. The summed E-state index contributed by atoms with van der Waals surface area (Å²) in [5.41, 5.74) is 0.717. The Kier molecular flexibility index (Phi) is 5.68.